The number of aliphatic hydroxyl groups is 1. The molecule has 0 bridgehead atoms. The van der Waals surface area contributed by atoms with E-state index in [0.29, 0.717) is 5.56 Å². The van der Waals surface area contributed by atoms with Gasteiger partial charge in [-0.1, -0.05) is 42.0 Å². The van der Waals surface area contributed by atoms with Gasteiger partial charge in [-0.2, -0.15) is 13.2 Å². The number of fused-ring (bicyclic) bond motifs is 1. The number of rotatable bonds is 7. The van der Waals surface area contributed by atoms with Gasteiger partial charge in [-0.25, -0.2) is 8.42 Å². The first-order valence-electron chi connectivity index (χ1n) is 10.9. The lowest BCUT2D eigenvalue weighted by Gasteiger charge is -2.26. The number of hydrogen-bond donors (Lipinski definition) is 3. The van der Waals surface area contributed by atoms with E-state index in [4.69, 9.17) is 4.74 Å². The van der Waals surface area contributed by atoms with Crippen molar-refractivity contribution < 1.29 is 41.3 Å². The maximum Gasteiger partial charge on any atom is 0.415 e. The third kappa shape index (κ3) is 5.57. The Hall–Kier alpha value is -3.31. The highest BCUT2D eigenvalue weighted by Crippen LogP contribution is 2.43. The minimum atomic E-state index is -5.24. The maximum atomic E-state index is 13.5. The number of hydrogen-bond acceptors (Lipinski definition) is 6. The van der Waals surface area contributed by atoms with E-state index in [1.54, 1.807) is 32.0 Å². The zero-order chi connectivity index (χ0) is 27.0. The number of sulfonamides is 1. The molecule has 0 aliphatic rings. The van der Waals surface area contributed by atoms with E-state index in [2.05, 4.69) is 4.72 Å². The van der Waals surface area contributed by atoms with Crippen LogP contribution in [0.1, 0.15) is 36.5 Å². The highest BCUT2D eigenvalue weighted by atomic mass is 32.2. The molecule has 0 saturated carbocycles. The highest BCUT2D eigenvalue weighted by Gasteiger charge is 2.49. The first-order chi connectivity index (χ1) is 16.6. The minimum Gasteiger partial charge on any atom is -0.507 e. The number of carbonyl (C=O) groups excluding carboxylic acids is 1. The van der Waals surface area contributed by atoms with Crippen LogP contribution >= 0.6 is 0 Å². The van der Waals surface area contributed by atoms with Gasteiger partial charge in [-0.3, -0.25) is 9.52 Å². The molecular formula is C25H26F3NO6S. The summed E-state index contributed by atoms with van der Waals surface area (Å²) < 4.78 is 74.4. The normalized spacial score (nSPS) is 14.0. The lowest BCUT2D eigenvalue weighted by molar-refractivity contribution is -0.216. The molecule has 2 atom stereocenters. The number of alkyl halides is 3. The van der Waals surface area contributed by atoms with E-state index in [1.807, 2.05) is 0 Å². The number of phenolic OH excluding ortho intramolecular Hbond substituents is 1. The van der Waals surface area contributed by atoms with Crippen molar-refractivity contribution in [1.29, 1.82) is 0 Å². The molecule has 0 radical (unpaired) electrons. The van der Waals surface area contributed by atoms with Crippen molar-refractivity contribution in [2.75, 3.05) is 4.72 Å². The highest BCUT2D eigenvalue weighted by molar-refractivity contribution is 7.92. The first kappa shape index (κ1) is 27.3. The summed E-state index contributed by atoms with van der Waals surface area (Å²) >= 11 is 0. The third-order valence-corrected chi connectivity index (χ3v) is 7.03. The Morgan fingerprint density at radius 2 is 1.64 bits per heavy atom. The summed E-state index contributed by atoms with van der Waals surface area (Å²) in [6.45, 7) is 6.22. The molecule has 0 fully saturated rings. The monoisotopic (exact) mass is 525 g/mol. The van der Waals surface area contributed by atoms with Crippen molar-refractivity contribution in [3.05, 3.63) is 65.2 Å². The number of aliphatic hydroxyl groups excluding tert-OH is 1. The van der Waals surface area contributed by atoms with Crippen molar-refractivity contribution in [2.45, 2.75) is 56.9 Å². The number of ether oxygens (including phenoxy) is 1. The average Bonchev–Trinajstić information content (AvgIpc) is 2.75. The molecule has 36 heavy (non-hydrogen) atoms. The lowest BCUT2D eigenvalue weighted by Crippen LogP contribution is -2.40. The molecule has 11 heteroatoms. The molecule has 2 unspecified atom stereocenters. The number of esters is 1. The van der Waals surface area contributed by atoms with Gasteiger partial charge < -0.3 is 14.9 Å². The SMILES string of the molecule is Cc1ccc(S(=O)(=O)Nc2cc(C(C(=O)OC(C)C)C(O)C(F)(F)F)c(O)c3ccccc23)c(C)c1. The third-order valence-electron chi connectivity index (χ3n) is 5.50. The van der Waals surface area contributed by atoms with Crippen molar-refractivity contribution in [3.63, 3.8) is 0 Å². The summed E-state index contributed by atoms with van der Waals surface area (Å²) in [5.41, 5.74) is 0.450. The number of phenols is 1. The quantitative estimate of drug-likeness (QED) is 0.298. The molecule has 0 amide bonds. The number of nitrogens with one attached hydrogen (secondary N) is 1. The zero-order valence-corrected chi connectivity index (χ0v) is 20.7. The summed E-state index contributed by atoms with van der Waals surface area (Å²) in [6, 6.07) is 11.4. The Balaban J connectivity index is 2.25. The van der Waals surface area contributed by atoms with Crippen LogP contribution in [0, 0.1) is 13.8 Å². The number of halogens is 3. The van der Waals surface area contributed by atoms with Crippen LogP contribution in [0.4, 0.5) is 18.9 Å². The second-order valence-electron chi connectivity index (χ2n) is 8.73. The van der Waals surface area contributed by atoms with E-state index >= 15 is 0 Å². The number of aryl methyl sites for hydroxylation is 2. The van der Waals surface area contributed by atoms with Crippen LogP contribution in [0.25, 0.3) is 10.8 Å². The van der Waals surface area contributed by atoms with Crippen LogP contribution in [0.2, 0.25) is 0 Å². The Morgan fingerprint density at radius 3 is 2.19 bits per heavy atom. The molecule has 0 spiro atoms. The lowest BCUT2D eigenvalue weighted by atomic mass is 9.89. The molecule has 0 aromatic heterocycles. The number of aromatic hydroxyl groups is 1. The Morgan fingerprint density at radius 1 is 1.03 bits per heavy atom. The van der Waals surface area contributed by atoms with Gasteiger partial charge in [-0.15, -0.1) is 0 Å². The molecular weight excluding hydrogens is 499 g/mol. The van der Waals surface area contributed by atoms with Crippen molar-refractivity contribution in [2.24, 2.45) is 0 Å². The van der Waals surface area contributed by atoms with Gasteiger partial charge in [0.2, 0.25) is 0 Å². The van der Waals surface area contributed by atoms with Gasteiger partial charge in [0.1, 0.15) is 11.7 Å². The Kier molecular flexibility index (Phi) is 7.56. The van der Waals surface area contributed by atoms with Crippen LogP contribution in [0.15, 0.2) is 53.4 Å². The number of carbonyl (C=O) groups is 1. The van der Waals surface area contributed by atoms with E-state index < -0.39 is 51.6 Å². The van der Waals surface area contributed by atoms with Crippen molar-refractivity contribution in [1.82, 2.24) is 0 Å². The number of benzene rings is 3. The average molecular weight is 526 g/mol. The maximum absolute atomic E-state index is 13.5. The summed E-state index contributed by atoms with van der Waals surface area (Å²) in [7, 11) is -4.23. The van der Waals surface area contributed by atoms with E-state index in [-0.39, 0.29) is 21.4 Å². The van der Waals surface area contributed by atoms with Crippen molar-refractivity contribution in [3.8, 4) is 5.75 Å². The molecule has 7 nitrogen and oxygen atoms in total. The standard InChI is InChI=1S/C25H26F3NO6S/c1-13(2)35-24(32)21(23(31)25(26,27)28)18-12-19(16-7-5-6-8-17(16)22(18)30)29-36(33,34)20-10-9-14(3)11-15(20)4/h5-13,21,23,29-31H,1-4H3. The van der Waals surface area contributed by atoms with Crippen LogP contribution in [0.5, 0.6) is 5.75 Å². The molecule has 0 saturated heterocycles. The molecule has 0 aliphatic heterocycles. The summed E-state index contributed by atoms with van der Waals surface area (Å²) in [6.07, 6.45) is -9.28. The van der Waals surface area contributed by atoms with E-state index in [1.165, 1.54) is 38.1 Å². The van der Waals surface area contributed by atoms with Crippen LogP contribution < -0.4 is 4.72 Å². The smallest absolute Gasteiger partial charge is 0.415 e. The van der Waals surface area contributed by atoms with Gasteiger partial charge in [-0.05, 0) is 45.4 Å². The molecule has 0 aliphatic carbocycles. The van der Waals surface area contributed by atoms with Gasteiger partial charge in [0.25, 0.3) is 10.0 Å². The van der Waals surface area contributed by atoms with Gasteiger partial charge in [0.05, 0.1) is 16.7 Å². The van der Waals surface area contributed by atoms with Gasteiger partial charge in [0.15, 0.2) is 6.10 Å². The second kappa shape index (κ2) is 9.98. The fourth-order valence-corrected chi connectivity index (χ4v) is 5.22. The molecule has 3 N–H and O–H groups in total. The topological polar surface area (TPSA) is 113 Å². The molecule has 0 heterocycles. The summed E-state index contributed by atoms with van der Waals surface area (Å²) in [5.74, 6) is -4.51. The minimum absolute atomic E-state index is 0.0231. The van der Waals surface area contributed by atoms with E-state index in [0.717, 1.165) is 11.6 Å². The van der Waals surface area contributed by atoms with Crippen molar-refractivity contribution >= 4 is 32.5 Å². The predicted octanol–water partition coefficient (Wildman–Crippen LogP) is 4.92. The molecule has 3 aromatic rings. The summed E-state index contributed by atoms with van der Waals surface area (Å²) in [4.78, 5) is 12.6. The second-order valence-corrected chi connectivity index (χ2v) is 10.4. The molecule has 3 aromatic carbocycles. The van der Waals surface area contributed by atoms with Crippen LogP contribution in [0.3, 0.4) is 0 Å². The van der Waals surface area contributed by atoms with Crippen LogP contribution in [-0.2, 0) is 19.6 Å². The van der Waals surface area contributed by atoms with E-state index in [9.17, 15) is 36.6 Å². The van der Waals surface area contributed by atoms with Gasteiger partial charge >= 0.3 is 12.1 Å². The fourth-order valence-electron chi connectivity index (χ4n) is 3.92. The molecule has 194 valence electrons. The molecule has 3 rings (SSSR count). The zero-order valence-electron chi connectivity index (χ0n) is 19.9. The van der Waals surface area contributed by atoms with Crippen LogP contribution in [-0.4, -0.2) is 43.0 Å². The Bertz CT molecular complexity index is 1400. The number of anilines is 1. The fraction of sp³-hybridized carbons (Fsp3) is 0.320. The predicted molar refractivity (Wildman–Crippen MR) is 128 cm³/mol. The summed E-state index contributed by atoms with van der Waals surface area (Å²) in [5, 5.41) is 21.1. The first-order valence-corrected chi connectivity index (χ1v) is 12.4. The Labute approximate surface area is 206 Å². The largest absolute Gasteiger partial charge is 0.507 e. The van der Waals surface area contributed by atoms with Gasteiger partial charge in [0, 0.05) is 16.3 Å².